The lowest BCUT2D eigenvalue weighted by Crippen LogP contribution is -2.75. The first-order valence-electron chi connectivity index (χ1n) is 16.6. The average molecular weight is 695 g/mol. The molecular formula is C41H42O8S. The lowest BCUT2D eigenvalue weighted by molar-refractivity contribution is -0.285. The summed E-state index contributed by atoms with van der Waals surface area (Å²) in [6, 6.07) is 43.5. The van der Waals surface area contributed by atoms with Crippen molar-refractivity contribution in [2.24, 2.45) is 0 Å². The molecule has 2 N–H and O–H groups in total. The number of ether oxygens (including phenoxy) is 4. The fourth-order valence-electron chi connectivity index (χ4n) is 6.23. The van der Waals surface area contributed by atoms with Crippen molar-refractivity contribution in [3.63, 3.8) is 0 Å². The molecule has 0 unspecified atom stereocenters. The maximum atomic E-state index is 14.7. The Bertz CT molecular complexity index is 1870. The molecule has 0 radical (unpaired) electrons. The van der Waals surface area contributed by atoms with Gasteiger partial charge in [-0.05, 0) is 41.3 Å². The Morgan fingerprint density at radius 1 is 0.520 bits per heavy atom. The molecule has 0 aromatic heterocycles. The molecule has 0 bridgehead atoms. The third-order valence-corrected chi connectivity index (χ3v) is 11.2. The van der Waals surface area contributed by atoms with Gasteiger partial charge >= 0.3 is 0 Å². The molecule has 0 spiro atoms. The van der Waals surface area contributed by atoms with E-state index in [2.05, 4.69) is 0 Å². The van der Waals surface area contributed by atoms with E-state index in [-0.39, 0.29) is 31.3 Å². The van der Waals surface area contributed by atoms with Crippen molar-refractivity contribution in [3.05, 3.63) is 173 Å². The predicted octanol–water partition coefficient (Wildman–Crippen LogP) is 6.17. The Morgan fingerprint density at radius 3 is 1.30 bits per heavy atom. The summed E-state index contributed by atoms with van der Waals surface area (Å²) in [5.74, 6) is 0. The Kier molecular flexibility index (Phi) is 11.6. The van der Waals surface area contributed by atoms with Gasteiger partial charge in [-0.15, -0.1) is 0 Å². The maximum absolute atomic E-state index is 14.7. The third-order valence-electron chi connectivity index (χ3n) is 8.98. The van der Waals surface area contributed by atoms with Gasteiger partial charge in [0.15, 0.2) is 0 Å². The zero-order valence-electron chi connectivity index (χ0n) is 27.8. The number of hydrogen-bond acceptors (Lipinski definition) is 8. The average Bonchev–Trinajstić information content (AvgIpc) is 3.15. The Labute approximate surface area is 293 Å². The van der Waals surface area contributed by atoms with Gasteiger partial charge in [0.25, 0.3) is 0 Å². The molecule has 6 rings (SSSR count). The first kappa shape index (κ1) is 35.6. The van der Waals surface area contributed by atoms with Crippen LogP contribution < -0.4 is 0 Å². The van der Waals surface area contributed by atoms with Crippen LogP contribution in [0, 0.1) is 6.92 Å². The molecule has 1 aliphatic rings. The second-order valence-electron chi connectivity index (χ2n) is 12.5. The van der Waals surface area contributed by atoms with Crippen molar-refractivity contribution in [3.8, 4) is 0 Å². The van der Waals surface area contributed by atoms with Crippen LogP contribution in [0.25, 0.3) is 0 Å². The van der Waals surface area contributed by atoms with Crippen LogP contribution in [-0.2, 0) is 55.2 Å². The van der Waals surface area contributed by atoms with Crippen LogP contribution in [0.4, 0.5) is 0 Å². The summed E-state index contributed by atoms with van der Waals surface area (Å²) in [5, 5.41) is 25.1. The van der Waals surface area contributed by atoms with E-state index in [0.717, 1.165) is 27.8 Å². The summed E-state index contributed by atoms with van der Waals surface area (Å²) >= 11 is 0. The Balaban J connectivity index is 1.47. The summed E-state index contributed by atoms with van der Waals surface area (Å²) in [4.78, 5) is -3.10. The van der Waals surface area contributed by atoms with E-state index >= 15 is 0 Å². The van der Waals surface area contributed by atoms with Gasteiger partial charge in [0.2, 0.25) is 14.8 Å². The summed E-state index contributed by atoms with van der Waals surface area (Å²) in [6.07, 6.45) is -7.30. The van der Waals surface area contributed by atoms with Gasteiger partial charge in [-0.1, -0.05) is 139 Å². The van der Waals surface area contributed by atoms with Gasteiger partial charge in [0.1, 0.15) is 30.5 Å². The largest absolute Gasteiger partial charge is 0.386 e. The van der Waals surface area contributed by atoms with Crippen molar-refractivity contribution in [1.29, 1.82) is 0 Å². The minimum Gasteiger partial charge on any atom is -0.386 e. The summed E-state index contributed by atoms with van der Waals surface area (Å²) in [6.45, 7) is 1.92. The summed E-state index contributed by atoms with van der Waals surface area (Å²) in [7, 11) is -4.74. The van der Waals surface area contributed by atoms with Crippen molar-refractivity contribution in [2.75, 3.05) is 0 Å². The molecular weight excluding hydrogens is 653 g/mol. The van der Waals surface area contributed by atoms with Crippen molar-refractivity contribution < 1.29 is 37.6 Å². The molecule has 0 heterocycles. The van der Waals surface area contributed by atoms with Crippen LogP contribution in [0.5, 0.6) is 0 Å². The van der Waals surface area contributed by atoms with Crippen LogP contribution in [0.3, 0.4) is 0 Å². The molecule has 0 saturated heterocycles. The van der Waals surface area contributed by atoms with E-state index in [1.165, 1.54) is 12.1 Å². The first-order chi connectivity index (χ1) is 24.3. The van der Waals surface area contributed by atoms with E-state index in [1.807, 2.05) is 128 Å². The van der Waals surface area contributed by atoms with Crippen LogP contribution in [0.2, 0.25) is 0 Å². The Hall–Kier alpha value is -4.19. The highest BCUT2D eigenvalue weighted by molar-refractivity contribution is 7.92. The molecule has 1 aliphatic carbocycles. The van der Waals surface area contributed by atoms with Crippen LogP contribution in [0.15, 0.2) is 150 Å². The molecule has 8 nitrogen and oxygen atoms in total. The molecule has 1 fully saturated rings. The molecule has 0 aliphatic heterocycles. The van der Waals surface area contributed by atoms with Gasteiger partial charge < -0.3 is 29.2 Å². The summed E-state index contributed by atoms with van der Waals surface area (Å²) in [5.41, 5.74) is 4.02. The van der Waals surface area contributed by atoms with E-state index < -0.39 is 45.3 Å². The standard InChI is InChI=1S/C41H42O8S/c1-30-22-24-35(25-23-30)50(44,45)41(43)39(42)37(47-27-32-16-8-3-9-17-32)36(46-26-31-14-6-2-7-15-31)38(48-28-33-18-10-4-11-19-33)40(41)49-29-34-20-12-5-13-21-34/h2-25,36-40,42-43H,26-29H2,1H3/t36-,37-,38+,39-,40-,41+/m1/s1. The molecule has 260 valence electrons. The molecule has 50 heavy (non-hydrogen) atoms. The molecule has 5 aromatic carbocycles. The SMILES string of the molecule is Cc1ccc(S(=O)(=O)[C@@]2(O)[C@H](O)[C@H](OCc3ccccc3)[C@@H](OCc3ccccc3)[C@H](OCc3ccccc3)[C@H]2OCc2ccccc2)cc1. The zero-order chi connectivity index (χ0) is 35.0. The minimum absolute atomic E-state index is 0.00929. The van der Waals surface area contributed by atoms with Crippen LogP contribution in [0.1, 0.15) is 27.8 Å². The Morgan fingerprint density at radius 2 is 0.880 bits per heavy atom. The highest BCUT2D eigenvalue weighted by Crippen LogP contribution is 2.44. The number of hydrogen-bond donors (Lipinski definition) is 2. The molecule has 1 saturated carbocycles. The number of aliphatic hydroxyl groups is 2. The zero-order valence-corrected chi connectivity index (χ0v) is 28.6. The van der Waals surface area contributed by atoms with Crippen molar-refractivity contribution >= 4 is 9.84 Å². The van der Waals surface area contributed by atoms with Gasteiger partial charge in [0.05, 0.1) is 31.3 Å². The quantitative estimate of drug-likeness (QED) is 0.142. The maximum Gasteiger partial charge on any atom is 0.228 e. The van der Waals surface area contributed by atoms with Crippen LogP contribution >= 0.6 is 0 Å². The minimum atomic E-state index is -4.74. The van der Waals surface area contributed by atoms with Crippen LogP contribution in [-0.4, -0.2) is 54.1 Å². The third kappa shape index (κ3) is 7.90. The lowest BCUT2D eigenvalue weighted by Gasteiger charge is -2.52. The number of aryl methyl sites for hydroxylation is 1. The summed E-state index contributed by atoms with van der Waals surface area (Å²) < 4.78 is 55.4. The van der Waals surface area contributed by atoms with Gasteiger partial charge in [0, 0.05) is 0 Å². The second kappa shape index (κ2) is 16.2. The fraction of sp³-hybridized carbons (Fsp3) is 0.268. The monoisotopic (exact) mass is 694 g/mol. The first-order valence-corrected chi connectivity index (χ1v) is 18.1. The topological polar surface area (TPSA) is 112 Å². The van der Waals surface area contributed by atoms with Crippen molar-refractivity contribution in [1.82, 2.24) is 0 Å². The van der Waals surface area contributed by atoms with Gasteiger partial charge in [-0.2, -0.15) is 0 Å². The van der Waals surface area contributed by atoms with Gasteiger partial charge in [-0.3, -0.25) is 0 Å². The second-order valence-corrected chi connectivity index (χ2v) is 14.6. The normalized spacial score (nSPS) is 23.8. The van der Waals surface area contributed by atoms with Gasteiger partial charge in [-0.25, -0.2) is 8.42 Å². The van der Waals surface area contributed by atoms with E-state index in [0.29, 0.717) is 0 Å². The molecule has 5 aromatic rings. The van der Waals surface area contributed by atoms with E-state index in [1.54, 1.807) is 12.1 Å². The molecule has 0 amide bonds. The highest BCUT2D eigenvalue weighted by atomic mass is 32.2. The number of sulfone groups is 1. The molecule has 6 atom stereocenters. The fourth-order valence-corrected chi connectivity index (χ4v) is 8.06. The number of benzene rings is 5. The number of aliphatic hydroxyl groups excluding tert-OH is 1. The lowest BCUT2D eigenvalue weighted by atomic mass is 9.83. The number of rotatable bonds is 14. The highest BCUT2D eigenvalue weighted by Gasteiger charge is 2.67. The predicted molar refractivity (Wildman–Crippen MR) is 189 cm³/mol. The smallest absolute Gasteiger partial charge is 0.228 e. The van der Waals surface area contributed by atoms with E-state index in [9.17, 15) is 18.6 Å². The molecule has 9 heteroatoms. The van der Waals surface area contributed by atoms with E-state index in [4.69, 9.17) is 18.9 Å². The van der Waals surface area contributed by atoms with Crippen molar-refractivity contribution in [2.45, 2.75) is 73.7 Å².